The molecule has 0 fully saturated rings. The van der Waals surface area contributed by atoms with E-state index in [1.165, 1.54) is 0 Å². The van der Waals surface area contributed by atoms with E-state index in [4.69, 9.17) is 19.9 Å². The fraction of sp³-hybridized carbons (Fsp3) is 0. The number of fused-ring (bicyclic) bond motifs is 8. The molecule has 0 spiro atoms. The van der Waals surface area contributed by atoms with Crippen molar-refractivity contribution in [2.75, 3.05) is 0 Å². The Labute approximate surface area is 315 Å². The number of rotatable bonds is 6. The van der Waals surface area contributed by atoms with Crippen LogP contribution in [0.1, 0.15) is 22.8 Å². The molecule has 3 aromatic heterocycles. The van der Waals surface area contributed by atoms with Gasteiger partial charge in [0.25, 0.3) is 0 Å². The van der Waals surface area contributed by atoms with E-state index in [9.17, 15) is 9.59 Å². The zero-order chi connectivity index (χ0) is 35.0. The molecule has 0 radical (unpaired) electrons. The number of carbonyl (C=O) groups is 2. The van der Waals surface area contributed by atoms with E-state index in [2.05, 4.69) is 0 Å². The van der Waals surface area contributed by atoms with Crippen molar-refractivity contribution in [3.63, 3.8) is 0 Å². The minimum Gasteiger partial charge on any atom is -0.657 e. The number of aromatic nitrogens is 4. The topological polar surface area (TPSA) is 88.1 Å². The van der Waals surface area contributed by atoms with E-state index in [0.717, 1.165) is 57.1 Å². The van der Waals surface area contributed by atoms with Crippen LogP contribution in [-0.2, 0) is 26.1 Å². The van der Waals surface area contributed by atoms with Gasteiger partial charge in [-0.05, 0) is 56.7 Å². The Morgan fingerprint density at radius 3 is 0.962 bits per heavy atom. The van der Waals surface area contributed by atoms with E-state index in [1.807, 2.05) is 158 Å². The second-order valence-corrected chi connectivity index (χ2v) is 12.5. The SMILES string of the molecule is O=CC1=Cc2nc1c(-c1ccccc1)c1ccc([n-]1)c(-c1ccccc1)c1nc(c(-c3ccccc3)c3ccc([n-]3)c2-c2ccccc2)C=C1C=O.[Ni+2]. The first-order valence-corrected chi connectivity index (χ1v) is 17.0. The third-order valence-corrected chi connectivity index (χ3v) is 9.39. The molecule has 0 unspecified atom stereocenters. The van der Waals surface area contributed by atoms with Gasteiger partial charge in [0.2, 0.25) is 0 Å². The summed E-state index contributed by atoms with van der Waals surface area (Å²) < 4.78 is 0. The fourth-order valence-electron chi connectivity index (χ4n) is 7.07. The number of carbonyl (C=O) groups excluding carboxylic acids is 2. The van der Waals surface area contributed by atoms with Gasteiger partial charge in [0.1, 0.15) is 0 Å². The molecule has 5 heterocycles. The van der Waals surface area contributed by atoms with Crippen molar-refractivity contribution < 1.29 is 26.1 Å². The van der Waals surface area contributed by atoms with Gasteiger partial charge in [0.05, 0.1) is 22.8 Å². The van der Waals surface area contributed by atoms with E-state index >= 15 is 0 Å². The van der Waals surface area contributed by atoms with Crippen LogP contribution in [0.5, 0.6) is 0 Å². The molecular weight excluding hydrogens is 699 g/mol. The molecule has 2 aliphatic rings. The Morgan fingerprint density at radius 1 is 0.377 bits per heavy atom. The van der Waals surface area contributed by atoms with E-state index in [1.54, 1.807) is 0 Å². The van der Waals surface area contributed by atoms with Crippen molar-refractivity contribution in [3.05, 3.63) is 168 Å². The molecule has 4 aromatic carbocycles. The van der Waals surface area contributed by atoms with Gasteiger partial charge in [0.15, 0.2) is 12.6 Å². The molecule has 0 atom stereocenters. The van der Waals surface area contributed by atoms with Gasteiger partial charge >= 0.3 is 16.5 Å². The maximum Gasteiger partial charge on any atom is 2.00 e. The van der Waals surface area contributed by atoms with E-state index < -0.39 is 0 Å². The van der Waals surface area contributed by atoms with Crippen LogP contribution in [0.2, 0.25) is 0 Å². The Hall–Kier alpha value is -6.69. The third-order valence-electron chi connectivity index (χ3n) is 9.39. The van der Waals surface area contributed by atoms with Crippen molar-refractivity contribution in [2.24, 2.45) is 0 Å². The Kier molecular flexibility index (Phi) is 8.93. The van der Waals surface area contributed by atoms with E-state index in [-0.39, 0.29) is 16.5 Å². The third kappa shape index (κ3) is 5.97. The van der Waals surface area contributed by atoms with Crippen molar-refractivity contribution in [1.29, 1.82) is 0 Å². The summed E-state index contributed by atoms with van der Waals surface area (Å²) in [6.45, 7) is 0. The molecule has 0 aliphatic carbocycles. The quantitative estimate of drug-likeness (QED) is 0.125. The number of hydrogen-bond acceptors (Lipinski definition) is 4. The monoisotopic (exact) mass is 726 g/mol. The van der Waals surface area contributed by atoms with Gasteiger partial charge in [-0.2, -0.15) is 0 Å². The van der Waals surface area contributed by atoms with Crippen LogP contribution in [0.4, 0.5) is 0 Å². The summed E-state index contributed by atoms with van der Waals surface area (Å²) in [6.07, 6.45) is 5.39. The number of nitrogens with zero attached hydrogens (tertiary/aromatic N) is 4. The zero-order valence-corrected chi connectivity index (χ0v) is 29.1. The van der Waals surface area contributed by atoms with Crippen LogP contribution >= 0.6 is 0 Å². The Bertz CT molecular complexity index is 2560. The average molecular weight is 727 g/mol. The van der Waals surface area contributed by atoms with Gasteiger partial charge in [-0.1, -0.05) is 146 Å². The smallest absolute Gasteiger partial charge is 0.657 e. The summed E-state index contributed by atoms with van der Waals surface area (Å²) in [5, 5.41) is 0. The first-order valence-electron chi connectivity index (χ1n) is 17.0. The standard InChI is InChI=1S/C46H29N4O2.Ni/c51-27-33-25-39-41(29-13-5-1-6-14-29)35-21-22-36(47-35)42(30-15-7-2-8-16-30)40-26-34(28-52)46(50-40)44(32-19-11-4-12-20-32)38-24-23-37(48-38)43(45(33)49-39)31-17-9-3-10-18-31;/h1-28H,(H-,47,48,49,50,51,52);/q-1;+2/p-1. The number of allylic oxidation sites excluding steroid dienone is 2. The largest absolute Gasteiger partial charge is 2.00 e. The second-order valence-electron chi connectivity index (χ2n) is 12.5. The minimum absolute atomic E-state index is 0. The molecule has 2 aliphatic heterocycles. The zero-order valence-electron chi connectivity index (χ0n) is 28.1. The fourth-order valence-corrected chi connectivity index (χ4v) is 7.07. The predicted octanol–water partition coefficient (Wildman–Crippen LogP) is 9.72. The summed E-state index contributed by atoms with van der Waals surface area (Å²) in [4.78, 5) is 46.7. The van der Waals surface area contributed by atoms with Crippen molar-refractivity contribution in [1.82, 2.24) is 19.9 Å². The van der Waals surface area contributed by atoms with Gasteiger partial charge in [-0.3, -0.25) is 9.59 Å². The molecule has 0 amide bonds. The van der Waals surface area contributed by atoms with Crippen LogP contribution in [0, 0.1) is 0 Å². The van der Waals surface area contributed by atoms with Gasteiger partial charge in [-0.15, -0.1) is 22.1 Å². The summed E-state index contributed by atoms with van der Waals surface area (Å²) >= 11 is 0. The summed E-state index contributed by atoms with van der Waals surface area (Å²) in [7, 11) is 0. The molecule has 0 saturated carbocycles. The molecule has 8 bridgehead atoms. The van der Waals surface area contributed by atoms with Gasteiger partial charge in [-0.25, -0.2) is 9.97 Å². The Morgan fingerprint density at radius 2 is 0.660 bits per heavy atom. The van der Waals surface area contributed by atoms with Crippen LogP contribution in [0.15, 0.2) is 146 Å². The van der Waals surface area contributed by atoms with Crippen LogP contribution in [0.3, 0.4) is 0 Å². The maximum absolute atomic E-state index is 12.9. The normalized spacial score (nSPS) is 12.0. The first kappa shape index (κ1) is 33.5. The van der Waals surface area contributed by atoms with E-state index in [0.29, 0.717) is 56.0 Å². The summed E-state index contributed by atoms with van der Waals surface area (Å²) in [5.74, 6) is 0. The summed E-state index contributed by atoms with van der Waals surface area (Å²) in [5.41, 5.74) is 12.4. The molecule has 53 heavy (non-hydrogen) atoms. The molecular formula is C46H28N4NiO2. The van der Waals surface area contributed by atoms with Gasteiger partial charge in [0, 0.05) is 11.1 Å². The molecule has 0 saturated heterocycles. The van der Waals surface area contributed by atoms with Crippen molar-refractivity contribution >= 4 is 57.9 Å². The summed E-state index contributed by atoms with van der Waals surface area (Å²) in [6, 6.07) is 47.5. The van der Waals surface area contributed by atoms with Crippen LogP contribution in [0.25, 0.3) is 89.9 Å². The molecule has 254 valence electrons. The van der Waals surface area contributed by atoms with Gasteiger partial charge < -0.3 is 9.97 Å². The number of aldehydes is 2. The average Bonchev–Trinajstić information content (AvgIpc) is 4.03. The van der Waals surface area contributed by atoms with Crippen molar-refractivity contribution in [2.45, 2.75) is 0 Å². The Balaban J connectivity index is 0.00000400. The second kappa shape index (κ2) is 14.1. The maximum atomic E-state index is 12.9. The van der Waals surface area contributed by atoms with Crippen molar-refractivity contribution in [3.8, 4) is 44.5 Å². The minimum atomic E-state index is 0. The number of benzene rings is 4. The molecule has 7 aromatic rings. The molecule has 9 rings (SSSR count). The van der Waals surface area contributed by atoms with Crippen LogP contribution in [-0.4, -0.2) is 22.5 Å². The first-order chi connectivity index (χ1) is 25.7. The molecule has 6 nitrogen and oxygen atoms in total. The molecule has 0 N–H and O–H groups in total. The number of hydrogen-bond donors (Lipinski definition) is 0. The predicted molar refractivity (Wildman–Crippen MR) is 209 cm³/mol. The molecule has 7 heteroatoms. The van der Waals surface area contributed by atoms with Crippen LogP contribution < -0.4 is 9.97 Å².